The van der Waals surface area contributed by atoms with E-state index in [0.717, 1.165) is 30.6 Å². The van der Waals surface area contributed by atoms with E-state index in [4.69, 9.17) is 0 Å². The summed E-state index contributed by atoms with van der Waals surface area (Å²) in [5, 5.41) is 10.2. The van der Waals surface area contributed by atoms with Gasteiger partial charge in [0.15, 0.2) is 0 Å². The van der Waals surface area contributed by atoms with Crippen LogP contribution in [0.25, 0.3) is 0 Å². The molecule has 0 aromatic rings. The number of aliphatic hydroxyl groups is 1. The van der Waals surface area contributed by atoms with Crippen molar-refractivity contribution in [1.82, 2.24) is 0 Å². The molecule has 4 aliphatic carbocycles. The van der Waals surface area contributed by atoms with Gasteiger partial charge in [0, 0.05) is 0 Å². The molecular formula is C26H42O. The summed E-state index contributed by atoms with van der Waals surface area (Å²) in [5.41, 5.74) is 4.66. The first kappa shape index (κ1) is 19.7. The van der Waals surface area contributed by atoms with Crippen LogP contribution >= 0.6 is 0 Å². The highest BCUT2D eigenvalue weighted by molar-refractivity contribution is 5.34. The molecular weight excluding hydrogens is 328 g/mol. The first-order valence-corrected chi connectivity index (χ1v) is 11.8. The SMILES string of the molecule is CC(C)C=CC(C)C1CCC2C3=C(CCC21C)C1(C)CCC(O)CC1CC3. The standard InChI is InChI=1S/C26H42O/c1-17(2)6-7-18(3)22-10-11-23-21-9-8-19-16-20(27)12-14-25(19,4)24(21)13-15-26(22,23)5/h6-7,17-20,22-23,27H,8-16H2,1-5H3. The molecule has 7 unspecified atom stereocenters. The molecule has 152 valence electrons. The van der Waals surface area contributed by atoms with Crippen molar-refractivity contribution in [3.63, 3.8) is 0 Å². The van der Waals surface area contributed by atoms with Crippen LogP contribution in [-0.2, 0) is 0 Å². The Bertz CT molecular complexity index is 628. The van der Waals surface area contributed by atoms with Crippen LogP contribution in [0, 0.1) is 40.4 Å². The number of allylic oxidation sites excluding steroid dienone is 4. The molecule has 2 fully saturated rings. The fraction of sp³-hybridized carbons (Fsp3) is 0.846. The second-order valence-electron chi connectivity index (χ2n) is 11.3. The molecule has 0 aliphatic heterocycles. The molecule has 0 saturated heterocycles. The van der Waals surface area contributed by atoms with Crippen LogP contribution in [0.5, 0.6) is 0 Å². The van der Waals surface area contributed by atoms with Crippen molar-refractivity contribution in [1.29, 1.82) is 0 Å². The lowest BCUT2D eigenvalue weighted by Gasteiger charge is -2.55. The topological polar surface area (TPSA) is 20.2 Å². The van der Waals surface area contributed by atoms with Gasteiger partial charge in [0.05, 0.1) is 6.10 Å². The molecule has 1 heteroatoms. The van der Waals surface area contributed by atoms with Gasteiger partial charge in [-0.2, -0.15) is 0 Å². The first-order valence-electron chi connectivity index (χ1n) is 11.8. The number of hydrogen-bond acceptors (Lipinski definition) is 1. The molecule has 0 radical (unpaired) electrons. The third-order valence-electron chi connectivity index (χ3n) is 9.47. The van der Waals surface area contributed by atoms with Gasteiger partial charge in [0.1, 0.15) is 0 Å². The quantitative estimate of drug-likeness (QED) is 0.535. The monoisotopic (exact) mass is 370 g/mol. The van der Waals surface area contributed by atoms with Crippen molar-refractivity contribution in [2.24, 2.45) is 40.4 Å². The van der Waals surface area contributed by atoms with Crippen molar-refractivity contribution in [2.75, 3.05) is 0 Å². The summed E-state index contributed by atoms with van der Waals surface area (Å²) < 4.78 is 0. The molecule has 27 heavy (non-hydrogen) atoms. The van der Waals surface area contributed by atoms with E-state index in [1.165, 1.54) is 44.9 Å². The minimum Gasteiger partial charge on any atom is -0.393 e. The third-order valence-corrected chi connectivity index (χ3v) is 9.47. The van der Waals surface area contributed by atoms with E-state index < -0.39 is 0 Å². The van der Waals surface area contributed by atoms with Gasteiger partial charge in [-0.1, -0.05) is 57.9 Å². The molecule has 0 bridgehead atoms. The molecule has 0 aromatic heterocycles. The van der Waals surface area contributed by atoms with E-state index in [0.29, 0.717) is 22.7 Å². The molecule has 0 aromatic carbocycles. The number of rotatable bonds is 3. The summed E-state index contributed by atoms with van der Waals surface area (Å²) in [6.07, 6.45) is 16.4. The summed E-state index contributed by atoms with van der Waals surface area (Å²) in [5.74, 6) is 3.79. The van der Waals surface area contributed by atoms with Gasteiger partial charge < -0.3 is 5.11 Å². The van der Waals surface area contributed by atoms with Gasteiger partial charge >= 0.3 is 0 Å². The average molecular weight is 371 g/mol. The molecule has 0 spiro atoms. The van der Waals surface area contributed by atoms with E-state index in [1.54, 1.807) is 0 Å². The van der Waals surface area contributed by atoms with Gasteiger partial charge in [0.2, 0.25) is 0 Å². The predicted octanol–water partition coefficient (Wildman–Crippen LogP) is 6.92. The maximum absolute atomic E-state index is 10.2. The van der Waals surface area contributed by atoms with Crippen LogP contribution in [0.1, 0.15) is 92.4 Å². The Morgan fingerprint density at radius 2 is 1.74 bits per heavy atom. The molecule has 0 heterocycles. The Morgan fingerprint density at radius 1 is 0.963 bits per heavy atom. The highest BCUT2D eigenvalue weighted by atomic mass is 16.3. The smallest absolute Gasteiger partial charge is 0.0543 e. The van der Waals surface area contributed by atoms with Crippen molar-refractivity contribution in [3.8, 4) is 0 Å². The van der Waals surface area contributed by atoms with Crippen LogP contribution in [0.15, 0.2) is 23.3 Å². The van der Waals surface area contributed by atoms with Crippen LogP contribution in [-0.4, -0.2) is 11.2 Å². The molecule has 7 atom stereocenters. The second-order valence-corrected chi connectivity index (χ2v) is 11.3. The highest BCUT2D eigenvalue weighted by Gasteiger charge is 2.55. The number of aliphatic hydroxyl groups excluding tert-OH is 1. The van der Waals surface area contributed by atoms with Crippen molar-refractivity contribution in [3.05, 3.63) is 23.3 Å². The molecule has 4 rings (SSSR count). The summed E-state index contributed by atoms with van der Waals surface area (Å²) in [7, 11) is 0. The zero-order valence-corrected chi connectivity index (χ0v) is 18.4. The van der Waals surface area contributed by atoms with E-state index in [9.17, 15) is 5.11 Å². The lowest BCUT2D eigenvalue weighted by molar-refractivity contribution is 0.0145. The minimum absolute atomic E-state index is 0.0384. The fourth-order valence-corrected chi connectivity index (χ4v) is 7.87. The summed E-state index contributed by atoms with van der Waals surface area (Å²) in [4.78, 5) is 0. The molecule has 4 aliphatic rings. The fourth-order valence-electron chi connectivity index (χ4n) is 7.87. The van der Waals surface area contributed by atoms with Crippen LogP contribution in [0.3, 0.4) is 0 Å². The predicted molar refractivity (Wildman–Crippen MR) is 114 cm³/mol. The van der Waals surface area contributed by atoms with Crippen LogP contribution in [0.2, 0.25) is 0 Å². The van der Waals surface area contributed by atoms with Gasteiger partial charge in [-0.15, -0.1) is 0 Å². The van der Waals surface area contributed by atoms with E-state index in [-0.39, 0.29) is 6.10 Å². The Morgan fingerprint density at radius 3 is 2.48 bits per heavy atom. The average Bonchev–Trinajstić information content (AvgIpc) is 2.97. The molecule has 0 amide bonds. The van der Waals surface area contributed by atoms with Crippen molar-refractivity contribution in [2.45, 2.75) is 98.5 Å². The van der Waals surface area contributed by atoms with Gasteiger partial charge in [-0.25, -0.2) is 0 Å². The lowest BCUT2D eigenvalue weighted by atomic mass is 9.50. The summed E-state index contributed by atoms with van der Waals surface area (Å²) in [6, 6.07) is 0. The maximum atomic E-state index is 10.2. The normalized spacial score (nSPS) is 45.7. The molecule has 1 nitrogen and oxygen atoms in total. The van der Waals surface area contributed by atoms with E-state index in [1.807, 2.05) is 11.1 Å². The van der Waals surface area contributed by atoms with Crippen LogP contribution in [0.4, 0.5) is 0 Å². The Hall–Kier alpha value is -0.560. The third kappa shape index (κ3) is 3.17. The highest BCUT2D eigenvalue weighted by Crippen LogP contribution is 2.65. The Labute approximate surface area is 167 Å². The zero-order chi connectivity index (χ0) is 19.4. The largest absolute Gasteiger partial charge is 0.393 e. The second kappa shape index (κ2) is 7.05. The maximum Gasteiger partial charge on any atom is 0.0543 e. The van der Waals surface area contributed by atoms with E-state index >= 15 is 0 Å². The van der Waals surface area contributed by atoms with E-state index in [2.05, 4.69) is 46.8 Å². The first-order chi connectivity index (χ1) is 12.8. The number of fused-ring (bicyclic) bond motifs is 4. The molecule has 1 N–H and O–H groups in total. The van der Waals surface area contributed by atoms with Crippen LogP contribution < -0.4 is 0 Å². The Kier molecular flexibility index (Phi) is 5.15. The molecule has 2 saturated carbocycles. The number of hydrogen-bond donors (Lipinski definition) is 1. The Balaban J connectivity index is 1.61. The minimum atomic E-state index is -0.0384. The van der Waals surface area contributed by atoms with Gasteiger partial charge in [-0.05, 0) is 98.2 Å². The van der Waals surface area contributed by atoms with Gasteiger partial charge in [-0.3, -0.25) is 0 Å². The van der Waals surface area contributed by atoms with Crippen molar-refractivity contribution < 1.29 is 5.11 Å². The summed E-state index contributed by atoms with van der Waals surface area (Å²) in [6.45, 7) is 12.3. The summed E-state index contributed by atoms with van der Waals surface area (Å²) >= 11 is 0. The van der Waals surface area contributed by atoms with Gasteiger partial charge in [0.25, 0.3) is 0 Å². The van der Waals surface area contributed by atoms with Crippen molar-refractivity contribution >= 4 is 0 Å². The lowest BCUT2D eigenvalue weighted by Crippen LogP contribution is -2.45. The zero-order valence-electron chi connectivity index (χ0n) is 18.4.